The summed E-state index contributed by atoms with van der Waals surface area (Å²) in [4.78, 5) is 4.04. The van der Waals surface area contributed by atoms with Gasteiger partial charge in [0.05, 0.1) is 13.3 Å². The summed E-state index contributed by atoms with van der Waals surface area (Å²) in [5.41, 5.74) is 7.30. The summed E-state index contributed by atoms with van der Waals surface area (Å²) >= 11 is 0. The fourth-order valence-electron chi connectivity index (χ4n) is 2.34. The number of hydrogen-bond donors (Lipinski definition) is 1. The monoisotopic (exact) mass is 236 g/mol. The van der Waals surface area contributed by atoms with E-state index in [1.807, 2.05) is 6.07 Å². The maximum atomic E-state index is 6.25. The molecule has 1 unspecified atom stereocenters. The van der Waals surface area contributed by atoms with E-state index in [0.29, 0.717) is 5.92 Å². The number of nitrogens with two attached hydrogens (primary N) is 1. The summed E-state index contributed by atoms with van der Waals surface area (Å²) < 4.78 is 10.6. The van der Waals surface area contributed by atoms with Gasteiger partial charge in [0.15, 0.2) is 0 Å². The molecule has 0 bridgehead atoms. The SMILES string of the molecule is COc1cnccc1C(N)CC1CCOCC1. The van der Waals surface area contributed by atoms with Crippen LogP contribution in [0.25, 0.3) is 0 Å². The molecule has 1 atom stereocenters. The maximum absolute atomic E-state index is 6.25. The predicted octanol–water partition coefficient (Wildman–Crippen LogP) is 1.91. The van der Waals surface area contributed by atoms with Crippen LogP contribution < -0.4 is 10.5 Å². The lowest BCUT2D eigenvalue weighted by Crippen LogP contribution is -2.21. The highest BCUT2D eigenvalue weighted by Crippen LogP contribution is 2.30. The number of rotatable bonds is 4. The van der Waals surface area contributed by atoms with Crippen LogP contribution in [0.4, 0.5) is 0 Å². The van der Waals surface area contributed by atoms with Crippen molar-refractivity contribution in [1.29, 1.82) is 0 Å². The molecule has 2 N–H and O–H groups in total. The quantitative estimate of drug-likeness (QED) is 0.867. The van der Waals surface area contributed by atoms with Crippen molar-refractivity contribution in [1.82, 2.24) is 4.98 Å². The Morgan fingerprint density at radius 3 is 3.00 bits per heavy atom. The zero-order valence-corrected chi connectivity index (χ0v) is 10.3. The number of aromatic nitrogens is 1. The van der Waals surface area contributed by atoms with Crippen LogP contribution >= 0.6 is 0 Å². The van der Waals surface area contributed by atoms with Crippen LogP contribution in [0, 0.1) is 5.92 Å². The van der Waals surface area contributed by atoms with Crippen LogP contribution in [0.15, 0.2) is 18.5 Å². The van der Waals surface area contributed by atoms with E-state index in [1.165, 1.54) is 0 Å². The molecule has 94 valence electrons. The van der Waals surface area contributed by atoms with Gasteiger partial charge in [-0.1, -0.05) is 0 Å². The second-order valence-corrected chi connectivity index (χ2v) is 4.52. The van der Waals surface area contributed by atoms with Crippen molar-refractivity contribution in [3.63, 3.8) is 0 Å². The van der Waals surface area contributed by atoms with Crippen LogP contribution in [-0.4, -0.2) is 25.3 Å². The molecule has 2 heterocycles. The molecule has 1 aromatic heterocycles. The van der Waals surface area contributed by atoms with Crippen molar-refractivity contribution < 1.29 is 9.47 Å². The first-order valence-electron chi connectivity index (χ1n) is 6.12. The first-order valence-corrected chi connectivity index (χ1v) is 6.12. The van der Waals surface area contributed by atoms with Gasteiger partial charge >= 0.3 is 0 Å². The van der Waals surface area contributed by atoms with Gasteiger partial charge in [-0.3, -0.25) is 4.98 Å². The molecule has 2 rings (SSSR count). The highest BCUT2D eigenvalue weighted by molar-refractivity contribution is 5.32. The summed E-state index contributed by atoms with van der Waals surface area (Å²) in [6, 6.07) is 1.97. The Balaban J connectivity index is 2.00. The Labute approximate surface area is 102 Å². The van der Waals surface area contributed by atoms with Crippen molar-refractivity contribution >= 4 is 0 Å². The smallest absolute Gasteiger partial charge is 0.141 e. The third kappa shape index (κ3) is 3.17. The van der Waals surface area contributed by atoms with E-state index in [1.54, 1.807) is 19.5 Å². The number of nitrogens with zero attached hydrogens (tertiary/aromatic N) is 1. The second-order valence-electron chi connectivity index (χ2n) is 4.52. The van der Waals surface area contributed by atoms with Gasteiger partial charge in [0.1, 0.15) is 5.75 Å². The maximum Gasteiger partial charge on any atom is 0.141 e. The van der Waals surface area contributed by atoms with Gasteiger partial charge in [0.2, 0.25) is 0 Å². The Kier molecular flexibility index (Phi) is 4.34. The van der Waals surface area contributed by atoms with Crippen LogP contribution in [0.5, 0.6) is 5.75 Å². The molecule has 1 aromatic rings. The Morgan fingerprint density at radius 1 is 1.53 bits per heavy atom. The molecule has 17 heavy (non-hydrogen) atoms. The van der Waals surface area contributed by atoms with E-state index in [9.17, 15) is 0 Å². The standard InChI is InChI=1S/C13H20N2O2/c1-16-13-9-15-5-2-11(13)12(14)8-10-3-6-17-7-4-10/h2,5,9-10,12H,3-4,6-8,14H2,1H3. The third-order valence-corrected chi connectivity index (χ3v) is 3.36. The van der Waals surface area contributed by atoms with Gasteiger partial charge < -0.3 is 15.2 Å². The number of ether oxygens (including phenoxy) is 2. The van der Waals surface area contributed by atoms with Crippen molar-refractivity contribution in [3.05, 3.63) is 24.0 Å². The molecule has 0 spiro atoms. The average Bonchev–Trinajstić information content (AvgIpc) is 2.40. The minimum absolute atomic E-state index is 0.0241. The molecule has 0 aliphatic carbocycles. The van der Waals surface area contributed by atoms with E-state index in [0.717, 1.165) is 43.8 Å². The minimum Gasteiger partial charge on any atom is -0.495 e. The van der Waals surface area contributed by atoms with Crippen molar-refractivity contribution in [2.75, 3.05) is 20.3 Å². The summed E-state index contributed by atoms with van der Waals surface area (Å²) in [5.74, 6) is 1.45. The van der Waals surface area contributed by atoms with E-state index in [-0.39, 0.29) is 6.04 Å². The Hall–Kier alpha value is -1.13. The predicted molar refractivity (Wildman–Crippen MR) is 65.9 cm³/mol. The molecule has 4 heteroatoms. The van der Waals surface area contributed by atoms with Gasteiger partial charge in [0.25, 0.3) is 0 Å². The summed E-state index contributed by atoms with van der Waals surface area (Å²) in [6.45, 7) is 1.73. The van der Waals surface area contributed by atoms with Crippen molar-refractivity contribution in [2.24, 2.45) is 11.7 Å². The van der Waals surface area contributed by atoms with Gasteiger partial charge in [-0.2, -0.15) is 0 Å². The van der Waals surface area contributed by atoms with Crippen LogP contribution in [0.2, 0.25) is 0 Å². The van der Waals surface area contributed by atoms with Crippen molar-refractivity contribution in [2.45, 2.75) is 25.3 Å². The van der Waals surface area contributed by atoms with Crippen LogP contribution in [0.1, 0.15) is 30.9 Å². The van der Waals surface area contributed by atoms with Crippen LogP contribution in [-0.2, 0) is 4.74 Å². The van der Waals surface area contributed by atoms with E-state index in [2.05, 4.69) is 4.98 Å². The fraction of sp³-hybridized carbons (Fsp3) is 0.615. The molecule has 4 nitrogen and oxygen atoms in total. The largest absolute Gasteiger partial charge is 0.495 e. The topological polar surface area (TPSA) is 57.4 Å². The van der Waals surface area contributed by atoms with Gasteiger partial charge in [-0.25, -0.2) is 0 Å². The first kappa shape index (κ1) is 12.3. The lowest BCUT2D eigenvalue weighted by Gasteiger charge is -2.25. The molecule has 0 radical (unpaired) electrons. The molecule has 0 amide bonds. The fourth-order valence-corrected chi connectivity index (χ4v) is 2.34. The van der Waals surface area contributed by atoms with Gasteiger partial charge in [-0.15, -0.1) is 0 Å². The highest BCUT2D eigenvalue weighted by Gasteiger charge is 2.20. The average molecular weight is 236 g/mol. The first-order chi connectivity index (χ1) is 8.31. The van der Waals surface area contributed by atoms with Crippen LogP contribution in [0.3, 0.4) is 0 Å². The normalized spacial score (nSPS) is 18.9. The molecule has 1 saturated heterocycles. The summed E-state index contributed by atoms with van der Waals surface area (Å²) in [6.07, 6.45) is 6.70. The lowest BCUT2D eigenvalue weighted by atomic mass is 9.90. The second kappa shape index (κ2) is 5.98. The molecule has 1 fully saturated rings. The number of methoxy groups -OCH3 is 1. The zero-order valence-electron chi connectivity index (χ0n) is 10.3. The highest BCUT2D eigenvalue weighted by atomic mass is 16.5. The molecule has 0 saturated carbocycles. The van der Waals surface area contributed by atoms with E-state index >= 15 is 0 Å². The van der Waals surface area contributed by atoms with Crippen molar-refractivity contribution in [3.8, 4) is 5.75 Å². The summed E-state index contributed by atoms with van der Waals surface area (Å²) in [7, 11) is 1.65. The minimum atomic E-state index is 0.0241. The van der Waals surface area contributed by atoms with E-state index < -0.39 is 0 Å². The van der Waals surface area contributed by atoms with E-state index in [4.69, 9.17) is 15.2 Å². The van der Waals surface area contributed by atoms with Gasteiger partial charge in [0, 0.05) is 31.0 Å². The number of hydrogen-bond acceptors (Lipinski definition) is 4. The van der Waals surface area contributed by atoms with Gasteiger partial charge in [-0.05, 0) is 31.2 Å². The molecule has 0 aromatic carbocycles. The zero-order chi connectivity index (χ0) is 12.1. The number of pyridine rings is 1. The summed E-state index contributed by atoms with van der Waals surface area (Å²) in [5, 5.41) is 0. The molecule has 1 aliphatic rings. The molecular weight excluding hydrogens is 216 g/mol. The molecular formula is C13H20N2O2. The Bertz CT molecular complexity index is 351. The third-order valence-electron chi connectivity index (χ3n) is 3.36. The molecule has 1 aliphatic heterocycles. The lowest BCUT2D eigenvalue weighted by molar-refractivity contribution is 0.0618. The Morgan fingerprint density at radius 2 is 2.29 bits per heavy atom.